The van der Waals surface area contributed by atoms with Crippen molar-refractivity contribution in [2.24, 2.45) is 11.8 Å². The highest BCUT2D eigenvalue weighted by atomic mass is 16.6. The van der Waals surface area contributed by atoms with Gasteiger partial charge in [-0.1, -0.05) is 253 Å². The van der Waals surface area contributed by atoms with E-state index in [9.17, 15) is 14.4 Å². The van der Waals surface area contributed by atoms with E-state index in [0.717, 1.165) is 69.6 Å². The van der Waals surface area contributed by atoms with Crippen LogP contribution in [0.5, 0.6) is 0 Å². The van der Waals surface area contributed by atoms with Gasteiger partial charge >= 0.3 is 17.9 Å². The zero-order chi connectivity index (χ0) is 43.3. The molecular weight excluding hydrogens is 733 g/mol. The van der Waals surface area contributed by atoms with Crippen LogP contribution in [0.1, 0.15) is 291 Å². The molecule has 0 aliphatic heterocycles. The predicted molar refractivity (Wildman–Crippen MR) is 252 cm³/mol. The van der Waals surface area contributed by atoms with Gasteiger partial charge in [0.2, 0.25) is 0 Å². The monoisotopic (exact) mass is 835 g/mol. The number of ether oxygens (including phenoxy) is 3. The Hall–Kier alpha value is -1.59. The summed E-state index contributed by atoms with van der Waals surface area (Å²) in [7, 11) is 0. The Morgan fingerprint density at radius 1 is 0.322 bits per heavy atom. The lowest BCUT2D eigenvalue weighted by Gasteiger charge is -2.18. The molecule has 0 saturated heterocycles. The van der Waals surface area contributed by atoms with Crippen molar-refractivity contribution in [1.82, 2.24) is 0 Å². The number of hydrogen-bond donors (Lipinski definition) is 0. The lowest BCUT2D eigenvalue weighted by Crippen LogP contribution is -2.30. The minimum absolute atomic E-state index is 0.0643. The maximum atomic E-state index is 12.7. The quantitative estimate of drug-likeness (QED) is 0.0345. The van der Waals surface area contributed by atoms with Crippen molar-refractivity contribution in [2.75, 3.05) is 13.2 Å². The Kier molecular flexibility index (Phi) is 44.7. The lowest BCUT2D eigenvalue weighted by atomic mass is 10.0. The van der Waals surface area contributed by atoms with E-state index in [-0.39, 0.29) is 31.1 Å². The number of unbranched alkanes of at least 4 members (excludes halogenated alkanes) is 32. The molecule has 0 heterocycles. The van der Waals surface area contributed by atoms with Crippen LogP contribution in [0.15, 0.2) is 0 Å². The summed E-state index contributed by atoms with van der Waals surface area (Å²) >= 11 is 0. The van der Waals surface area contributed by atoms with Gasteiger partial charge in [-0.15, -0.1) is 0 Å². The fraction of sp³-hybridized carbons (Fsp3) is 0.943. The highest BCUT2D eigenvalue weighted by molar-refractivity contribution is 5.71. The first kappa shape index (κ1) is 57.4. The summed E-state index contributed by atoms with van der Waals surface area (Å²) in [6.45, 7) is 11.3. The number of esters is 3. The first-order valence-corrected chi connectivity index (χ1v) is 26.2. The van der Waals surface area contributed by atoms with Gasteiger partial charge in [0, 0.05) is 19.3 Å². The molecule has 0 aromatic rings. The molecule has 0 aliphatic carbocycles. The Labute approximate surface area is 368 Å². The van der Waals surface area contributed by atoms with E-state index < -0.39 is 6.10 Å². The van der Waals surface area contributed by atoms with E-state index in [2.05, 4.69) is 34.6 Å². The van der Waals surface area contributed by atoms with Crippen molar-refractivity contribution in [1.29, 1.82) is 0 Å². The molecule has 59 heavy (non-hydrogen) atoms. The Morgan fingerprint density at radius 3 is 0.831 bits per heavy atom. The molecule has 0 radical (unpaired) electrons. The summed E-state index contributed by atoms with van der Waals surface area (Å²) in [5, 5.41) is 0. The van der Waals surface area contributed by atoms with Crippen molar-refractivity contribution in [3.63, 3.8) is 0 Å². The highest BCUT2D eigenvalue weighted by Gasteiger charge is 2.19. The van der Waals surface area contributed by atoms with E-state index in [0.29, 0.717) is 19.3 Å². The zero-order valence-electron chi connectivity index (χ0n) is 40.4. The molecule has 0 aromatic carbocycles. The van der Waals surface area contributed by atoms with Gasteiger partial charge in [-0.25, -0.2) is 0 Å². The normalized spacial score (nSPS) is 12.1. The van der Waals surface area contributed by atoms with Gasteiger partial charge in [0.1, 0.15) is 13.2 Å². The van der Waals surface area contributed by atoms with Crippen LogP contribution in [0.25, 0.3) is 0 Å². The van der Waals surface area contributed by atoms with E-state index in [1.165, 1.54) is 180 Å². The fourth-order valence-electron chi connectivity index (χ4n) is 7.99. The van der Waals surface area contributed by atoms with Crippen LogP contribution in [0.2, 0.25) is 0 Å². The molecule has 0 fully saturated rings. The van der Waals surface area contributed by atoms with Crippen molar-refractivity contribution in [3.05, 3.63) is 0 Å². The second-order valence-corrected chi connectivity index (χ2v) is 19.1. The summed E-state index contributed by atoms with van der Waals surface area (Å²) < 4.78 is 16.8. The second-order valence-electron chi connectivity index (χ2n) is 19.1. The SMILES string of the molecule is CCCCCCCCCCCCCC(=O)O[C@@H](COC(=O)CCCCCCCCCCCCCCCCCCCCC(C)C)COC(=O)CCCCCCCCC(C)C. The van der Waals surface area contributed by atoms with Crippen molar-refractivity contribution >= 4 is 17.9 Å². The van der Waals surface area contributed by atoms with Gasteiger partial charge in [-0.05, 0) is 31.1 Å². The Balaban J connectivity index is 4.16. The standard InChI is InChI=1S/C53H102O6/c1-6-7-8-9-10-11-20-25-28-35-40-45-53(56)59-50(47-58-52(55)44-39-34-30-29-32-37-42-49(4)5)46-57-51(54)43-38-33-27-24-22-19-17-15-13-12-14-16-18-21-23-26-31-36-41-48(2)3/h48-50H,6-47H2,1-5H3/t50-/m0/s1. The van der Waals surface area contributed by atoms with Crippen molar-refractivity contribution in [3.8, 4) is 0 Å². The van der Waals surface area contributed by atoms with Gasteiger partial charge in [0.15, 0.2) is 6.10 Å². The van der Waals surface area contributed by atoms with E-state index in [1.54, 1.807) is 0 Å². The fourth-order valence-corrected chi connectivity index (χ4v) is 7.99. The maximum absolute atomic E-state index is 12.7. The molecule has 0 amide bonds. The molecule has 0 rings (SSSR count). The topological polar surface area (TPSA) is 78.9 Å². The van der Waals surface area contributed by atoms with Crippen LogP contribution in [0.3, 0.4) is 0 Å². The Morgan fingerprint density at radius 2 is 0.559 bits per heavy atom. The van der Waals surface area contributed by atoms with Gasteiger partial charge in [0.05, 0.1) is 0 Å². The Bertz CT molecular complexity index is 900. The maximum Gasteiger partial charge on any atom is 0.306 e. The average Bonchev–Trinajstić information content (AvgIpc) is 3.20. The molecule has 0 N–H and O–H groups in total. The summed E-state index contributed by atoms with van der Waals surface area (Å²) in [6.07, 6.45) is 46.8. The number of hydrogen-bond acceptors (Lipinski definition) is 6. The van der Waals surface area contributed by atoms with Crippen molar-refractivity contribution in [2.45, 2.75) is 298 Å². The smallest absolute Gasteiger partial charge is 0.306 e. The third kappa shape index (κ3) is 47.3. The summed E-state index contributed by atoms with van der Waals surface area (Å²) in [6, 6.07) is 0. The molecule has 0 saturated carbocycles. The molecule has 6 heteroatoms. The molecule has 350 valence electrons. The van der Waals surface area contributed by atoms with Crippen LogP contribution in [0.4, 0.5) is 0 Å². The van der Waals surface area contributed by atoms with Crippen LogP contribution in [-0.2, 0) is 28.6 Å². The number of carbonyl (C=O) groups is 3. The predicted octanol–water partition coefficient (Wildman–Crippen LogP) is 16.9. The van der Waals surface area contributed by atoms with Crippen LogP contribution < -0.4 is 0 Å². The third-order valence-corrected chi connectivity index (χ3v) is 12.0. The molecule has 0 aromatic heterocycles. The van der Waals surface area contributed by atoms with Crippen LogP contribution in [0, 0.1) is 11.8 Å². The molecule has 0 unspecified atom stereocenters. The molecular formula is C53H102O6. The summed E-state index contributed by atoms with van der Waals surface area (Å²) in [5.41, 5.74) is 0. The van der Waals surface area contributed by atoms with Gasteiger partial charge in [0.25, 0.3) is 0 Å². The van der Waals surface area contributed by atoms with Crippen LogP contribution >= 0.6 is 0 Å². The molecule has 0 aliphatic rings. The van der Waals surface area contributed by atoms with E-state index >= 15 is 0 Å². The van der Waals surface area contributed by atoms with Gasteiger partial charge in [-0.3, -0.25) is 14.4 Å². The number of carbonyl (C=O) groups excluding carboxylic acids is 3. The molecule has 1 atom stereocenters. The largest absolute Gasteiger partial charge is 0.462 e. The zero-order valence-corrected chi connectivity index (χ0v) is 40.4. The van der Waals surface area contributed by atoms with Crippen LogP contribution in [-0.4, -0.2) is 37.2 Å². The summed E-state index contributed by atoms with van der Waals surface area (Å²) in [4.78, 5) is 37.8. The average molecular weight is 835 g/mol. The van der Waals surface area contributed by atoms with Crippen molar-refractivity contribution < 1.29 is 28.6 Å². The lowest BCUT2D eigenvalue weighted by molar-refractivity contribution is -0.167. The van der Waals surface area contributed by atoms with E-state index in [4.69, 9.17) is 14.2 Å². The first-order chi connectivity index (χ1) is 28.7. The molecule has 6 nitrogen and oxygen atoms in total. The second kappa shape index (κ2) is 45.9. The molecule has 0 bridgehead atoms. The number of rotatable bonds is 47. The third-order valence-electron chi connectivity index (χ3n) is 12.0. The minimum atomic E-state index is -0.761. The highest BCUT2D eigenvalue weighted by Crippen LogP contribution is 2.17. The summed E-state index contributed by atoms with van der Waals surface area (Å²) in [5.74, 6) is 0.769. The van der Waals surface area contributed by atoms with Gasteiger partial charge < -0.3 is 14.2 Å². The first-order valence-electron chi connectivity index (χ1n) is 26.2. The van der Waals surface area contributed by atoms with Gasteiger partial charge in [-0.2, -0.15) is 0 Å². The molecule has 0 spiro atoms. The minimum Gasteiger partial charge on any atom is -0.462 e. The van der Waals surface area contributed by atoms with E-state index in [1.807, 2.05) is 0 Å².